The summed E-state index contributed by atoms with van der Waals surface area (Å²) in [5, 5.41) is 13.3. The van der Waals surface area contributed by atoms with Crippen LogP contribution in [0.4, 0.5) is 13.2 Å². The highest BCUT2D eigenvalue weighted by atomic mass is 19.4. The molecule has 3 rings (SSSR count). The van der Waals surface area contributed by atoms with E-state index in [2.05, 4.69) is 10.1 Å². The molecule has 1 aromatic carbocycles. The van der Waals surface area contributed by atoms with E-state index in [4.69, 9.17) is 0 Å². The molecule has 1 unspecified atom stereocenters. The minimum atomic E-state index is -5.01. The number of carbonyl (C=O) groups is 1. The number of hydrazone groups is 1. The summed E-state index contributed by atoms with van der Waals surface area (Å²) in [5.41, 5.74) is -2.07. The van der Waals surface area contributed by atoms with Crippen molar-refractivity contribution in [2.75, 3.05) is 0 Å². The number of hydrogen-bond donors (Lipinski definition) is 1. The minimum Gasteiger partial charge on any atom is -0.362 e. The molecule has 0 radical (unpaired) electrons. The molecule has 1 aliphatic rings. The van der Waals surface area contributed by atoms with Crippen molar-refractivity contribution in [2.24, 2.45) is 5.10 Å². The lowest BCUT2D eigenvalue weighted by atomic mass is 10.1. The number of carbonyl (C=O) groups excluding carboxylic acids is 1. The van der Waals surface area contributed by atoms with Gasteiger partial charge in [-0.05, 0) is 32.0 Å². The van der Waals surface area contributed by atoms with Crippen molar-refractivity contribution in [1.82, 2.24) is 14.6 Å². The predicted octanol–water partition coefficient (Wildman–Crippen LogP) is 2.45. The molecular formula is C15H15F3N4O2. The Morgan fingerprint density at radius 1 is 1.42 bits per heavy atom. The maximum Gasteiger partial charge on any atom is 0.438 e. The Bertz CT molecular complexity index is 843. The first-order chi connectivity index (χ1) is 11.2. The van der Waals surface area contributed by atoms with E-state index in [0.29, 0.717) is 12.1 Å². The minimum absolute atomic E-state index is 0.0232. The molecule has 1 N–H and O–H groups in total. The summed E-state index contributed by atoms with van der Waals surface area (Å²) in [6, 6.07) is 4.43. The van der Waals surface area contributed by atoms with E-state index >= 15 is 0 Å². The number of hydrogen-bond acceptors (Lipinski definition) is 4. The van der Waals surface area contributed by atoms with Crippen molar-refractivity contribution in [1.29, 1.82) is 0 Å². The molecule has 1 atom stereocenters. The third-order valence-corrected chi connectivity index (χ3v) is 4.07. The van der Waals surface area contributed by atoms with Gasteiger partial charge in [-0.2, -0.15) is 23.3 Å². The second-order valence-corrected chi connectivity index (χ2v) is 5.54. The van der Waals surface area contributed by atoms with Crippen LogP contribution in [0.15, 0.2) is 23.3 Å². The van der Waals surface area contributed by atoms with Gasteiger partial charge in [0.1, 0.15) is 5.82 Å². The normalized spacial score (nSPS) is 21.0. The van der Waals surface area contributed by atoms with E-state index in [1.165, 1.54) is 12.1 Å². The molecule has 2 aromatic rings. The molecule has 128 valence electrons. The van der Waals surface area contributed by atoms with Gasteiger partial charge in [0.2, 0.25) is 0 Å². The van der Waals surface area contributed by atoms with Crippen LogP contribution in [0.2, 0.25) is 0 Å². The molecule has 0 saturated carbocycles. The third kappa shape index (κ3) is 2.27. The summed E-state index contributed by atoms with van der Waals surface area (Å²) in [4.78, 5) is 16.7. The van der Waals surface area contributed by atoms with Crippen molar-refractivity contribution >= 4 is 23.2 Å². The number of rotatable bonds is 2. The average molecular weight is 340 g/mol. The highest BCUT2D eigenvalue weighted by Gasteiger charge is 2.61. The van der Waals surface area contributed by atoms with Gasteiger partial charge in [0.05, 0.1) is 11.0 Å². The number of nitrogens with zero attached hydrogens (tertiary/aromatic N) is 4. The van der Waals surface area contributed by atoms with Gasteiger partial charge in [-0.25, -0.2) is 4.98 Å². The zero-order chi connectivity index (χ0) is 17.7. The van der Waals surface area contributed by atoms with Crippen molar-refractivity contribution in [3.05, 3.63) is 29.6 Å². The van der Waals surface area contributed by atoms with Crippen LogP contribution in [-0.4, -0.2) is 43.7 Å². The predicted molar refractivity (Wildman–Crippen MR) is 80.4 cm³/mol. The monoisotopic (exact) mass is 340 g/mol. The lowest BCUT2D eigenvalue weighted by molar-refractivity contribution is -0.297. The first kappa shape index (κ1) is 16.4. The Morgan fingerprint density at radius 2 is 2.12 bits per heavy atom. The highest BCUT2D eigenvalue weighted by Crippen LogP contribution is 2.39. The Kier molecular flexibility index (Phi) is 3.63. The number of aromatic nitrogens is 2. The summed E-state index contributed by atoms with van der Waals surface area (Å²) >= 11 is 0. The molecule has 24 heavy (non-hydrogen) atoms. The zero-order valence-electron chi connectivity index (χ0n) is 13.0. The lowest BCUT2D eigenvalue weighted by Gasteiger charge is -2.32. The fourth-order valence-corrected chi connectivity index (χ4v) is 2.79. The second kappa shape index (κ2) is 5.30. The molecule has 0 spiro atoms. The molecule has 1 aromatic heterocycles. The molecule has 1 amide bonds. The average Bonchev–Trinajstić information content (AvgIpc) is 3.05. The Morgan fingerprint density at radius 3 is 2.75 bits per heavy atom. The molecule has 0 aliphatic carbocycles. The van der Waals surface area contributed by atoms with Crippen LogP contribution in [0, 0.1) is 6.92 Å². The molecule has 6 nitrogen and oxygen atoms in total. The number of alkyl halides is 3. The van der Waals surface area contributed by atoms with Crippen LogP contribution in [-0.2, 0) is 6.54 Å². The number of amides is 1. The second-order valence-electron chi connectivity index (χ2n) is 5.54. The quantitative estimate of drug-likeness (QED) is 0.913. The van der Waals surface area contributed by atoms with Gasteiger partial charge in [-0.1, -0.05) is 0 Å². The standard InChI is InChI=1S/C15H15F3N4O2/c1-3-21-9(2)20-11-8-10(4-5-12(11)21)13(23)22-14(24,6-7-19-22)15(16,17)18/h4-5,7-8,24H,3,6H2,1-2H3. The van der Waals surface area contributed by atoms with Crippen molar-refractivity contribution < 1.29 is 23.1 Å². The van der Waals surface area contributed by atoms with Gasteiger partial charge in [0, 0.05) is 24.7 Å². The molecule has 9 heteroatoms. The van der Waals surface area contributed by atoms with E-state index in [1.54, 1.807) is 13.0 Å². The number of halogens is 3. The van der Waals surface area contributed by atoms with Crippen LogP contribution < -0.4 is 0 Å². The van der Waals surface area contributed by atoms with E-state index in [1.807, 2.05) is 11.5 Å². The van der Waals surface area contributed by atoms with Gasteiger partial charge in [0.25, 0.3) is 11.6 Å². The van der Waals surface area contributed by atoms with Crippen LogP contribution in [0.3, 0.4) is 0 Å². The first-order valence-electron chi connectivity index (χ1n) is 7.32. The van der Waals surface area contributed by atoms with Crippen molar-refractivity contribution in [2.45, 2.75) is 38.7 Å². The maximum absolute atomic E-state index is 13.1. The molecule has 2 heterocycles. The van der Waals surface area contributed by atoms with Crippen LogP contribution in [0.1, 0.15) is 29.5 Å². The van der Waals surface area contributed by atoms with Gasteiger partial charge in [-0.15, -0.1) is 0 Å². The number of fused-ring (bicyclic) bond motifs is 1. The number of aryl methyl sites for hydroxylation is 2. The van der Waals surface area contributed by atoms with E-state index in [0.717, 1.165) is 17.6 Å². The molecule has 0 saturated heterocycles. The molecule has 0 bridgehead atoms. The highest BCUT2D eigenvalue weighted by molar-refractivity contribution is 5.98. The van der Waals surface area contributed by atoms with Gasteiger partial charge >= 0.3 is 6.18 Å². The summed E-state index contributed by atoms with van der Waals surface area (Å²) in [6.07, 6.45) is -4.93. The zero-order valence-corrected chi connectivity index (χ0v) is 13.0. The van der Waals surface area contributed by atoms with Crippen LogP contribution in [0.25, 0.3) is 11.0 Å². The number of aliphatic hydroxyl groups is 1. The van der Waals surface area contributed by atoms with Crippen molar-refractivity contribution in [3.8, 4) is 0 Å². The third-order valence-electron chi connectivity index (χ3n) is 4.07. The summed E-state index contributed by atoms with van der Waals surface area (Å²) in [7, 11) is 0. The summed E-state index contributed by atoms with van der Waals surface area (Å²) in [5.74, 6) is -0.294. The maximum atomic E-state index is 13.1. The lowest BCUT2D eigenvalue weighted by Crippen LogP contribution is -2.56. The van der Waals surface area contributed by atoms with Crippen LogP contribution >= 0.6 is 0 Å². The Hall–Kier alpha value is -2.42. The summed E-state index contributed by atoms with van der Waals surface area (Å²) < 4.78 is 41.2. The largest absolute Gasteiger partial charge is 0.438 e. The fourth-order valence-electron chi connectivity index (χ4n) is 2.79. The molecule has 1 aliphatic heterocycles. The Labute approximate surface area is 135 Å². The Balaban J connectivity index is 2.01. The SMILES string of the molecule is CCn1c(C)nc2cc(C(=O)N3N=CCC3(O)C(F)(F)F)ccc21. The fraction of sp³-hybridized carbons (Fsp3) is 0.400. The van der Waals surface area contributed by atoms with Crippen LogP contribution in [0.5, 0.6) is 0 Å². The van der Waals surface area contributed by atoms with E-state index in [9.17, 15) is 23.1 Å². The number of benzene rings is 1. The van der Waals surface area contributed by atoms with E-state index in [-0.39, 0.29) is 10.6 Å². The topological polar surface area (TPSA) is 70.7 Å². The molecule has 0 fully saturated rings. The van der Waals surface area contributed by atoms with E-state index < -0.39 is 24.2 Å². The first-order valence-corrected chi connectivity index (χ1v) is 7.32. The number of imidazole rings is 1. The van der Waals surface area contributed by atoms with Gasteiger partial charge in [0.15, 0.2) is 0 Å². The smallest absolute Gasteiger partial charge is 0.362 e. The van der Waals surface area contributed by atoms with Gasteiger partial charge < -0.3 is 9.67 Å². The van der Waals surface area contributed by atoms with Crippen molar-refractivity contribution in [3.63, 3.8) is 0 Å². The molecular weight excluding hydrogens is 325 g/mol. The van der Waals surface area contributed by atoms with Gasteiger partial charge in [-0.3, -0.25) is 4.79 Å². The summed E-state index contributed by atoms with van der Waals surface area (Å²) in [6.45, 7) is 4.42.